The predicted octanol–water partition coefficient (Wildman–Crippen LogP) is 6.90. The second kappa shape index (κ2) is 11.5. The molecule has 0 spiro atoms. The molecule has 0 saturated carbocycles. The van der Waals surface area contributed by atoms with E-state index < -0.39 is 17.8 Å². The summed E-state index contributed by atoms with van der Waals surface area (Å²) < 4.78 is 41.4. The first-order valence-corrected chi connectivity index (χ1v) is 14.1. The monoisotopic (exact) mass is 611 g/mol. The number of nitrogens with two attached hydrogens (primary N) is 1. The van der Waals surface area contributed by atoms with Crippen LogP contribution in [0.3, 0.4) is 0 Å². The van der Waals surface area contributed by atoms with E-state index in [-0.39, 0.29) is 11.6 Å². The normalized spacial score (nSPS) is 13.5. The third-order valence-corrected chi connectivity index (χ3v) is 7.75. The number of alkyl halides is 3. The molecule has 3 aromatic carbocycles. The largest absolute Gasteiger partial charge is 0.416 e. The van der Waals surface area contributed by atoms with Crippen molar-refractivity contribution in [3.05, 3.63) is 103 Å². The highest BCUT2D eigenvalue weighted by atomic mass is 19.4. The Bertz CT molecular complexity index is 2030. The number of carbonyl (C=O) groups excluding carboxylic acids is 2. The Labute approximate surface area is 255 Å². The first-order valence-electron chi connectivity index (χ1n) is 14.1. The number of aryl methyl sites for hydroxylation is 1. The molecule has 9 nitrogen and oxygen atoms in total. The standard InChI is InChI=1S/C33H28F3N7O2/c1-3-28(44)42-15-13-20(14-16-42)27-18-38-31(37)30-29(39-19(2)43(27)30)25-11-12-26(24-10-5-4-9-23(24)25)41-32(45)40-22-8-6-7-21(17-22)33(34,35)36/h3-13,17-18H,1,14-16H2,2H3,(H2,37,38)(H2,40,41,45). The van der Waals surface area contributed by atoms with Gasteiger partial charge in [0.2, 0.25) is 5.91 Å². The lowest BCUT2D eigenvalue weighted by Crippen LogP contribution is -2.33. The van der Waals surface area contributed by atoms with Crippen LogP contribution < -0.4 is 16.4 Å². The topological polar surface area (TPSA) is 118 Å². The Morgan fingerprint density at radius 3 is 2.53 bits per heavy atom. The van der Waals surface area contributed by atoms with Crippen molar-refractivity contribution in [3.63, 3.8) is 0 Å². The lowest BCUT2D eigenvalue weighted by Gasteiger charge is -2.26. The van der Waals surface area contributed by atoms with Crippen LogP contribution in [-0.4, -0.2) is 44.3 Å². The van der Waals surface area contributed by atoms with E-state index >= 15 is 0 Å². The molecule has 45 heavy (non-hydrogen) atoms. The average molecular weight is 612 g/mol. The van der Waals surface area contributed by atoms with Crippen LogP contribution >= 0.6 is 0 Å². The van der Waals surface area contributed by atoms with Gasteiger partial charge in [0, 0.05) is 29.7 Å². The van der Waals surface area contributed by atoms with Gasteiger partial charge in [-0.05, 0) is 54.6 Å². The zero-order chi connectivity index (χ0) is 31.9. The molecule has 0 aliphatic carbocycles. The summed E-state index contributed by atoms with van der Waals surface area (Å²) in [5.41, 5.74) is 9.89. The second-order valence-corrected chi connectivity index (χ2v) is 10.6. The van der Waals surface area contributed by atoms with Crippen molar-refractivity contribution in [3.8, 4) is 11.3 Å². The number of carbonyl (C=O) groups is 2. The third kappa shape index (κ3) is 5.57. The van der Waals surface area contributed by atoms with E-state index in [0.717, 1.165) is 34.3 Å². The van der Waals surface area contributed by atoms with Gasteiger partial charge in [0.15, 0.2) is 0 Å². The van der Waals surface area contributed by atoms with Crippen LogP contribution in [0.15, 0.2) is 85.6 Å². The molecule has 12 heteroatoms. The van der Waals surface area contributed by atoms with Crippen LogP contribution in [0, 0.1) is 6.92 Å². The molecular formula is C33H28F3N7O2. The van der Waals surface area contributed by atoms with Crippen molar-refractivity contribution in [1.29, 1.82) is 0 Å². The number of aromatic nitrogens is 3. The smallest absolute Gasteiger partial charge is 0.382 e. The quantitative estimate of drug-likeness (QED) is 0.187. The Morgan fingerprint density at radius 2 is 1.82 bits per heavy atom. The average Bonchev–Trinajstić information content (AvgIpc) is 3.38. The Hall–Kier alpha value is -5.65. The van der Waals surface area contributed by atoms with E-state index in [2.05, 4.69) is 22.2 Å². The number of benzene rings is 3. The minimum Gasteiger partial charge on any atom is -0.382 e. The van der Waals surface area contributed by atoms with E-state index in [0.29, 0.717) is 53.4 Å². The maximum atomic E-state index is 13.1. The van der Waals surface area contributed by atoms with E-state index in [1.54, 1.807) is 17.2 Å². The molecule has 0 saturated heterocycles. The van der Waals surface area contributed by atoms with Gasteiger partial charge in [-0.2, -0.15) is 13.2 Å². The summed E-state index contributed by atoms with van der Waals surface area (Å²) in [7, 11) is 0. The Kier molecular flexibility index (Phi) is 7.49. The summed E-state index contributed by atoms with van der Waals surface area (Å²) in [5, 5.41) is 6.70. The molecule has 2 aromatic heterocycles. The second-order valence-electron chi connectivity index (χ2n) is 10.6. The SMILES string of the molecule is C=CC(=O)N1CC=C(c2cnc(N)c3c(-c4ccc(NC(=O)Nc5cccc(C(F)(F)F)c5)c5ccccc45)nc(C)n23)CC1. The molecule has 4 N–H and O–H groups in total. The van der Waals surface area contributed by atoms with Crippen molar-refractivity contribution in [1.82, 2.24) is 19.3 Å². The molecule has 0 fully saturated rings. The van der Waals surface area contributed by atoms with Crippen molar-refractivity contribution in [2.24, 2.45) is 0 Å². The first kappa shape index (κ1) is 29.4. The lowest BCUT2D eigenvalue weighted by molar-refractivity contribution is -0.137. The summed E-state index contributed by atoms with van der Waals surface area (Å²) in [6.07, 6.45) is 1.11. The molecule has 3 amide bonds. The number of urea groups is 1. The van der Waals surface area contributed by atoms with E-state index in [9.17, 15) is 22.8 Å². The van der Waals surface area contributed by atoms with Gasteiger partial charge in [-0.1, -0.05) is 49.1 Å². The molecule has 228 valence electrons. The highest BCUT2D eigenvalue weighted by molar-refractivity contribution is 6.11. The number of hydrogen-bond donors (Lipinski definition) is 3. The first-order chi connectivity index (χ1) is 21.5. The zero-order valence-corrected chi connectivity index (χ0v) is 24.2. The Morgan fingerprint density at radius 1 is 1.04 bits per heavy atom. The maximum Gasteiger partial charge on any atom is 0.416 e. The van der Waals surface area contributed by atoms with Gasteiger partial charge in [0.25, 0.3) is 0 Å². The van der Waals surface area contributed by atoms with E-state index in [1.807, 2.05) is 47.7 Å². The molecule has 0 radical (unpaired) electrons. The number of anilines is 3. The van der Waals surface area contributed by atoms with Gasteiger partial charge in [-0.3, -0.25) is 9.20 Å². The molecule has 1 aliphatic rings. The van der Waals surface area contributed by atoms with Crippen molar-refractivity contribution in [2.45, 2.75) is 19.5 Å². The zero-order valence-electron chi connectivity index (χ0n) is 24.2. The molecule has 0 unspecified atom stereocenters. The fourth-order valence-electron chi connectivity index (χ4n) is 5.63. The number of nitrogen functional groups attached to an aromatic ring is 1. The molecule has 0 bridgehead atoms. The summed E-state index contributed by atoms with van der Waals surface area (Å²) in [5.74, 6) is 0.868. The Balaban J connectivity index is 1.36. The molecule has 3 heterocycles. The van der Waals surface area contributed by atoms with Gasteiger partial charge in [0.1, 0.15) is 22.9 Å². The van der Waals surface area contributed by atoms with Gasteiger partial charge in [-0.15, -0.1) is 0 Å². The number of nitrogens with zero attached hydrogens (tertiary/aromatic N) is 4. The van der Waals surface area contributed by atoms with Crippen LogP contribution in [0.25, 0.3) is 33.1 Å². The van der Waals surface area contributed by atoms with Crippen LogP contribution in [-0.2, 0) is 11.0 Å². The maximum absolute atomic E-state index is 13.1. The number of amides is 3. The molecule has 0 atom stereocenters. The minimum atomic E-state index is -4.53. The summed E-state index contributed by atoms with van der Waals surface area (Å²) >= 11 is 0. The van der Waals surface area contributed by atoms with Crippen LogP contribution in [0.2, 0.25) is 0 Å². The number of rotatable bonds is 5. The van der Waals surface area contributed by atoms with E-state index in [4.69, 9.17) is 10.7 Å². The number of hydrogen-bond acceptors (Lipinski definition) is 5. The molecular weight excluding hydrogens is 583 g/mol. The lowest BCUT2D eigenvalue weighted by atomic mass is 9.99. The fourth-order valence-corrected chi connectivity index (χ4v) is 5.63. The van der Waals surface area contributed by atoms with Crippen molar-refractivity contribution >= 4 is 51.0 Å². The van der Waals surface area contributed by atoms with Gasteiger partial charge in [0.05, 0.1) is 23.1 Å². The number of halogens is 3. The van der Waals surface area contributed by atoms with Gasteiger partial charge in [-0.25, -0.2) is 14.8 Å². The predicted molar refractivity (Wildman–Crippen MR) is 169 cm³/mol. The number of fused-ring (bicyclic) bond motifs is 2. The van der Waals surface area contributed by atoms with Gasteiger partial charge >= 0.3 is 12.2 Å². The van der Waals surface area contributed by atoms with Crippen molar-refractivity contribution in [2.75, 3.05) is 29.5 Å². The third-order valence-electron chi connectivity index (χ3n) is 7.75. The molecule has 5 aromatic rings. The van der Waals surface area contributed by atoms with E-state index in [1.165, 1.54) is 18.2 Å². The molecule has 6 rings (SSSR count). The summed E-state index contributed by atoms with van der Waals surface area (Å²) in [6.45, 7) is 6.45. The fraction of sp³-hybridized carbons (Fsp3) is 0.152. The van der Waals surface area contributed by atoms with Crippen LogP contribution in [0.5, 0.6) is 0 Å². The highest BCUT2D eigenvalue weighted by Gasteiger charge is 2.30. The molecule has 1 aliphatic heterocycles. The van der Waals surface area contributed by atoms with Crippen LogP contribution in [0.4, 0.5) is 35.2 Å². The van der Waals surface area contributed by atoms with Crippen LogP contribution in [0.1, 0.15) is 23.5 Å². The summed E-state index contributed by atoms with van der Waals surface area (Å²) in [4.78, 5) is 36.0. The number of imidazole rings is 1. The van der Waals surface area contributed by atoms with Gasteiger partial charge < -0.3 is 21.3 Å². The summed E-state index contributed by atoms with van der Waals surface area (Å²) in [6, 6.07) is 14.7. The highest BCUT2D eigenvalue weighted by Crippen LogP contribution is 2.38. The minimum absolute atomic E-state index is 0.00933. The van der Waals surface area contributed by atoms with Crippen molar-refractivity contribution < 1.29 is 22.8 Å². The number of nitrogens with one attached hydrogen (secondary N) is 2.